The Hall–Kier alpha value is -3.06. The summed E-state index contributed by atoms with van der Waals surface area (Å²) in [7, 11) is 0. The first kappa shape index (κ1) is 18.7. The Balaban J connectivity index is 1.07. The zero-order chi connectivity index (χ0) is 21.1. The van der Waals surface area contributed by atoms with Crippen molar-refractivity contribution in [3.63, 3.8) is 0 Å². The second-order valence-corrected chi connectivity index (χ2v) is 9.43. The zero-order valence-corrected chi connectivity index (χ0v) is 17.3. The van der Waals surface area contributed by atoms with Crippen molar-refractivity contribution in [1.82, 2.24) is 10.3 Å². The molecular weight excluding hydrogens is 392 g/mol. The zero-order valence-electron chi connectivity index (χ0n) is 17.3. The van der Waals surface area contributed by atoms with E-state index >= 15 is 0 Å². The molecule has 2 bridgehead atoms. The number of rotatable bonds is 6. The summed E-state index contributed by atoms with van der Waals surface area (Å²) in [5, 5.41) is 8.53. The van der Waals surface area contributed by atoms with Crippen LogP contribution in [0.4, 0.5) is 11.5 Å². The molecule has 2 aliphatic carbocycles. The van der Waals surface area contributed by atoms with Crippen molar-refractivity contribution >= 4 is 28.2 Å². The van der Waals surface area contributed by atoms with Gasteiger partial charge in [-0.1, -0.05) is 18.2 Å². The maximum Gasteiger partial charge on any atom is 0.227 e. The van der Waals surface area contributed by atoms with Crippen LogP contribution in [0.25, 0.3) is 10.8 Å². The van der Waals surface area contributed by atoms with Gasteiger partial charge in [0.05, 0.1) is 24.7 Å². The van der Waals surface area contributed by atoms with Gasteiger partial charge in [0.1, 0.15) is 11.6 Å². The maximum atomic E-state index is 11.8. The van der Waals surface area contributed by atoms with Crippen molar-refractivity contribution in [2.24, 2.45) is 17.3 Å². The highest BCUT2D eigenvalue weighted by Gasteiger charge is 2.62. The van der Waals surface area contributed by atoms with Gasteiger partial charge in [0.25, 0.3) is 0 Å². The Labute approximate surface area is 180 Å². The van der Waals surface area contributed by atoms with Crippen LogP contribution in [0, 0.1) is 17.3 Å². The van der Waals surface area contributed by atoms with E-state index in [1.54, 1.807) is 6.20 Å². The summed E-state index contributed by atoms with van der Waals surface area (Å²) in [5.74, 6) is 1.70. The number of amides is 1. The van der Waals surface area contributed by atoms with Crippen LogP contribution >= 0.6 is 0 Å². The molecule has 7 nitrogen and oxygen atoms in total. The highest BCUT2D eigenvalue weighted by atomic mass is 16.5. The number of nitrogens with two attached hydrogens (primary N) is 1. The number of carbonyl (C=O) groups is 1. The standard InChI is InChI=1S/C24H26N4O3/c25-21-19-2-1-3-20(18(19)6-7-26-21)28-12-24-10-23(11-24,14-31-24)13-30-16-4-5-17-15(8-16)9-27-22(17)29/h1-8,15,17,28H,9-14H2,(H2,25,26)(H,27,29). The first-order chi connectivity index (χ1) is 15.0. The number of hydrogen-bond acceptors (Lipinski definition) is 6. The number of nitrogens with one attached hydrogen (secondary N) is 2. The number of benzene rings is 1. The third-order valence-electron chi connectivity index (χ3n) is 7.18. The first-order valence-electron chi connectivity index (χ1n) is 10.9. The fraction of sp³-hybridized carbons (Fsp3) is 0.417. The molecule has 31 heavy (non-hydrogen) atoms. The predicted molar refractivity (Wildman–Crippen MR) is 118 cm³/mol. The molecule has 3 saturated heterocycles. The van der Waals surface area contributed by atoms with Gasteiger partial charge >= 0.3 is 0 Å². The number of nitrogen functional groups attached to an aromatic ring is 1. The van der Waals surface area contributed by atoms with Gasteiger partial charge in [0.2, 0.25) is 5.91 Å². The van der Waals surface area contributed by atoms with Crippen LogP contribution < -0.4 is 16.4 Å². The minimum atomic E-state index is -0.131. The Bertz CT molecular complexity index is 1120. The topological polar surface area (TPSA) is 98.5 Å². The quantitative estimate of drug-likeness (QED) is 0.667. The number of carbonyl (C=O) groups excluding carboxylic acids is 1. The van der Waals surface area contributed by atoms with E-state index in [1.165, 1.54) is 0 Å². The van der Waals surface area contributed by atoms with Crippen LogP contribution in [0.15, 0.2) is 54.4 Å². The van der Waals surface area contributed by atoms with E-state index in [0.717, 1.165) is 48.2 Å². The predicted octanol–water partition coefficient (Wildman–Crippen LogP) is 2.61. The molecule has 2 aromatic rings. The molecule has 1 aromatic heterocycles. The largest absolute Gasteiger partial charge is 0.493 e. The fourth-order valence-electron chi connectivity index (χ4n) is 5.63. The molecule has 0 spiro atoms. The molecule has 160 valence electrons. The van der Waals surface area contributed by atoms with Crippen molar-refractivity contribution in [3.8, 4) is 0 Å². The summed E-state index contributed by atoms with van der Waals surface area (Å²) in [6, 6.07) is 8.05. The molecule has 2 atom stereocenters. The number of allylic oxidation sites excluding steroid dienone is 1. The van der Waals surface area contributed by atoms with E-state index < -0.39 is 0 Å². The minimum absolute atomic E-state index is 0.0389. The summed E-state index contributed by atoms with van der Waals surface area (Å²) in [5.41, 5.74) is 7.03. The van der Waals surface area contributed by atoms with Crippen LogP contribution in [0.1, 0.15) is 12.8 Å². The van der Waals surface area contributed by atoms with Crippen LogP contribution in [0.2, 0.25) is 0 Å². The van der Waals surface area contributed by atoms with Gasteiger partial charge in [-0.2, -0.15) is 0 Å². The third kappa shape index (κ3) is 3.07. The molecular formula is C24H26N4O3. The van der Waals surface area contributed by atoms with Crippen molar-refractivity contribution in [3.05, 3.63) is 54.4 Å². The minimum Gasteiger partial charge on any atom is -0.493 e. The molecule has 0 radical (unpaired) electrons. The highest BCUT2D eigenvalue weighted by Crippen LogP contribution is 2.58. The second-order valence-electron chi connectivity index (χ2n) is 9.43. The molecule has 1 aromatic carbocycles. The van der Waals surface area contributed by atoms with E-state index in [-0.39, 0.29) is 28.8 Å². The Morgan fingerprint density at radius 2 is 2.19 bits per heavy atom. The molecule has 1 saturated carbocycles. The van der Waals surface area contributed by atoms with Gasteiger partial charge < -0.3 is 25.8 Å². The van der Waals surface area contributed by atoms with Crippen molar-refractivity contribution in [2.45, 2.75) is 18.4 Å². The van der Waals surface area contributed by atoms with E-state index in [4.69, 9.17) is 15.2 Å². The van der Waals surface area contributed by atoms with Gasteiger partial charge in [-0.05, 0) is 37.1 Å². The van der Waals surface area contributed by atoms with Crippen molar-refractivity contribution in [2.75, 3.05) is 37.4 Å². The molecule has 4 N–H and O–H groups in total. The van der Waals surface area contributed by atoms with Crippen molar-refractivity contribution in [1.29, 1.82) is 0 Å². The average molecular weight is 418 g/mol. The Morgan fingerprint density at radius 3 is 3.10 bits per heavy atom. The van der Waals surface area contributed by atoms with E-state index in [9.17, 15) is 4.79 Å². The lowest BCUT2D eigenvalue weighted by atomic mass is 9.63. The molecule has 1 amide bonds. The monoisotopic (exact) mass is 418 g/mol. The molecule has 7 rings (SSSR count). The number of anilines is 2. The molecule has 4 fully saturated rings. The third-order valence-corrected chi connectivity index (χ3v) is 7.18. The Kier molecular flexibility index (Phi) is 4.05. The second kappa shape index (κ2) is 6.72. The molecule has 2 unspecified atom stereocenters. The molecule has 7 heteroatoms. The van der Waals surface area contributed by atoms with E-state index in [0.29, 0.717) is 19.0 Å². The lowest BCUT2D eigenvalue weighted by molar-refractivity contribution is -0.121. The van der Waals surface area contributed by atoms with E-state index in [2.05, 4.69) is 27.8 Å². The summed E-state index contributed by atoms with van der Waals surface area (Å²) >= 11 is 0. The van der Waals surface area contributed by atoms with Crippen LogP contribution in [-0.2, 0) is 14.3 Å². The number of nitrogens with zero attached hydrogens (tertiary/aromatic N) is 1. The van der Waals surface area contributed by atoms with Gasteiger partial charge in [-0.3, -0.25) is 4.79 Å². The summed E-state index contributed by atoms with van der Waals surface area (Å²) in [6.07, 6.45) is 9.71. The number of aromatic nitrogens is 1. The number of hydrogen-bond donors (Lipinski definition) is 3. The summed E-state index contributed by atoms with van der Waals surface area (Å²) in [4.78, 5) is 15.9. The summed E-state index contributed by atoms with van der Waals surface area (Å²) < 4.78 is 12.4. The lowest BCUT2D eigenvalue weighted by Crippen LogP contribution is -2.50. The van der Waals surface area contributed by atoms with Gasteiger partial charge in [-0.15, -0.1) is 0 Å². The van der Waals surface area contributed by atoms with Crippen LogP contribution in [-0.4, -0.2) is 42.8 Å². The first-order valence-corrected chi connectivity index (χ1v) is 10.9. The summed E-state index contributed by atoms with van der Waals surface area (Å²) in [6.45, 7) is 2.83. The van der Waals surface area contributed by atoms with Crippen LogP contribution in [0.5, 0.6) is 0 Å². The maximum absolute atomic E-state index is 11.8. The van der Waals surface area contributed by atoms with Gasteiger partial charge in [0.15, 0.2) is 0 Å². The fourth-order valence-corrected chi connectivity index (χ4v) is 5.63. The number of ether oxygens (including phenoxy) is 2. The highest BCUT2D eigenvalue weighted by molar-refractivity contribution is 5.99. The average Bonchev–Trinajstić information content (AvgIpc) is 3.43. The molecule has 4 heterocycles. The SMILES string of the molecule is Nc1nccc2c(NCC34CC(COC5=CC6CNC(=O)C6C=C5)(CO3)C4)cccc12. The van der Waals surface area contributed by atoms with Gasteiger partial charge in [-0.25, -0.2) is 4.98 Å². The Morgan fingerprint density at radius 1 is 1.29 bits per heavy atom. The smallest absolute Gasteiger partial charge is 0.227 e. The normalized spacial score (nSPS) is 32.9. The van der Waals surface area contributed by atoms with Crippen molar-refractivity contribution < 1.29 is 14.3 Å². The number of fused-ring (bicyclic) bond motifs is 3. The van der Waals surface area contributed by atoms with Gasteiger partial charge in [0, 0.05) is 47.1 Å². The molecule has 5 aliphatic rings. The van der Waals surface area contributed by atoms with E-state index in [1.807, 2.05) is 30.4 Å². The van der Waals surface area contributed by atoms with Crippen LogP contribution in [0.3, 0.4) is 0 Å². The number of pyridine rings is 1. The lowest BCUT2D eigenvalue weighted by Gasteiger charge is -2.44. The molecule has 3 aliphatic heterocycles.